The minimum Gasteiger partial charge on any atom is -0.394 e. The molecule has 0 aliphatic heterocycles. The summed E-state index contributed by atoms with van der Waals surface area (Å²) < 4.78 is 25.1. The van der Waals surface area contributed by atoms with E-state index < -0.39 is 10.0 Å². The van der Waals surface area contributed by atoms with Gasteiger partial charge in [0.25, 0.3) is 0 Å². The summed E-state index contributed by atoms with van der Waals surface area (Å²) in [6, 6.07) is 0. The molecule has 0 bridgehead atoms. The Hall–Kier alpha value is -0.170. The van der Waals surface area contributed by atoms with Gasteiger partial charge in [-0.1, -0.05) is 20.8 Å². The molecular formula is C14H30N2O3S. The number of hydrogen-bond acceptors (Lipinski definition) is 4. The highest BCUT2D eigenvalue weighted by Gasteiger charge is 2.42. The minimum absolute atomic E-state index is 0.111. The van der Waals surface area contributed by atoms with Gasteiger partial charge < -0.3 is 10.4 Å². The van der Waals surface area contributed by atoms with Crippen molar-refractivity contribution < 1.29 is 13.5 Å². The van der Waals surface area contributed by atoms with Crippen LogP contribution in [0.4, 0.5) is 0 Å². The second-order valence-corrected chi connectivity index (χ2v) is 9.14. The number of aliphatic hydroxyl groups is 1. The first-order valence-corrected chi connectivity index (χ1v) is 9.06. The lowest BCUT2D eigenvalue weighted by molar-refractivity contribution is 0.0367. The molecule has 1 fully saturated rings. The Morgan fingerprint density at radius 1 is 1.30 bits per heavy atom. The molecule has 3 N–H and O–H groups in total. The summed E-state index contributed by atoms with van der Waals surface area (Å²) in [5, 5.41) is 13.2. The fourth-order valence-electron chi connectivity index (χ4n) is 3.77. The smallest absolute Gasteiger partial charge is 0.211 e. The van der Waals surface area contributed by atoms with Crippen LogP contribution in [-0.2, 0) is 10.0 Å². The summed E-state index contributed by atoms with van der Waals surface area (Å²) in [5.41, 5.74) is -0.0466. The van der Waals surface area contributed by atoms with E-state index >= 15 is 0 Å². The van der Waals surface area contributed by atoms with Gasteiger partial charge in [-0.3, -0.25) is 0 Å². The van der Waals surface area contributed by atoms with Gasteiger partial charge in [-0.15, -0.1) is 0 Å². The third kappa shape index (κ3) is 5.31. The molecule has 1 rings (SSSR count). The molecule has 0 unspecified atom stereocenters. The fraction of sp³-hybridized carbons (Fsp3) is 1.00. The van der Waals surface area contributed by atoms with Gasteiger partial charge in [-0.25, -0.2) is 13.1 Å². The zero-order valence-corrected chi connectivity index (χ0v) is 14.0. The normalized spacial score (nSPS) is 30.4. The van der Waals surface area contributed by atoms with Crippen LogP contribution in [0.3, 0.4) is 0 Å². The van der Waals surface area contributed by atoms with Crippen LogP contribution in [-0.4, -0.2) is 45.0 Å². The average Bonchev–Trinajstić information content (AvgIpc) is 2.32. The van der Waals surface area contributed by atoms with Crippen molar-refractivity contribution >= 4 is 10.0 Å². The van der Waals surface area contributed by atoms with Crippen molar-refractivity contribution in [2.45, 2.75) is 52.0 Å². The minimum atomic E-state index is -3.14. The van der Waals surface area contributed by atoms with E-state index in [2.05, 4.69) is 30.8 Å². The largest absolute Gasteiger partial charge is 0.394 e. The molecule has 0 aromatic carbocycles. The van der Waals surface area contributed by atoms with Crippen molar-refractivity contribution in [3.63, 3.8) is 0 Å². The second kappa shape index (κ2) is 6.73. The Kier molecular flexibility index (Phi) is 6.01. The summed E-state index contributed by atoms with van der Waals surface area (Å²) in [6.45, 7) is 7.42. The number of rotatable bonds is 7. The molecule has 2 atom stereocenters. The van der Waals surface area contributed by atoms with Crippen molar-refractivity contribution in [3.05, 3.63) is 0 Å². The maximum Gasteiger partial charge on any atom is 0.211 e. The molecule has 0 spiro atoms. The predicted octanol–water partition coefficient (Wildman–Crippen LogP) is 1.09. The molecule has 5 nitrogen and oxygen atoms in total. The lowest BCUT2D eigenvalue weighted by Crippen LogP contribution is -2.55. The number of aliphatic hydroxyl groups excluding tert-OH is 1. The van der Waals surface area contributed by atoms with Gasteiger partial charge in [0.1, 0.15) is 0 Å². The third-order valence-electron chi connectivity index (χ3n) is 4.16. The van der Waals surface area contributed by atoms with Crippen molar-refractivity contribution in [2.75, 3.05) is 26.0 Å². The van der Waals surface area contributed by atoms with E-state index in [-0.39, 0.29) is 23.3 Å². The molecule has 0 aromatic rings. The highest BCUT2D eigenvalue weighted by atomic mass is 32.2. The Bertz CT molecular complexity index is 409. The van der Waals surface area contributed by atoms with Crippen LogP contribution in [0, 0.1) is 11.3 Å². The Balaban J connectivity index is 2.54. The van der Waals surface area contributed by atoms with Gasteiger partial charge in [-0.2, -0.15) is 0 Å². The van der Waals surface area contributed by atoms with Crippen molar-refractivity contribution in [1.82, 2.24) is 10.0 Å². The van der Waals surface area contributed by atoms with Crippen LogP contribution < -0.4 is 10.0 Å². The molecule has 20 heavy (non-hydrogen) atoms. The van der Waals surface area contributed by atoms with Crippen LogP contribution in [0.1, 0.15) is 46.5 Å². The molecule has 0 saturated heterocycles. The van der Waals surface area contributed by atoms with Gasteiger partial charge in [0.15, 0.2) is 0 Å². The van der Waals surface area contributed by atoms with Crippen LogP contribution in [0.25, 0.3) is 0 Å². The van der Waals surface area contributed by atoms with E-state index in [1.165, 1.54) is 13.5 Å². The van der Waals surface area contributed by atoms with Gasteiger partial charge in [0.05, 0.1) is 12.4 Å². The van der Waals surface area contributed by atoms with E-state index in [0.29, 0.717) is 18.9 Å². The van der Waals surface area contributed by atoms with E-state index in [1.807, 2.05) is 0 Å². The zero-order chi connectivity index (χ0) is 15.4. The standard InChI is InChI=1S/C14H30N2O3S/c1-12-8-13(2,3)10-14(9-12,11-17)16-6-5-7-20(18,19)15-4/h12,15-17H,5-11H2,1-4H3/t12-,14-/m1/s1. The summed E-state index contributed by atoms with van der Waals surface area (Å²) in [7, 11) is -1.70. The zero-order valence-electron chi connectivity index (χ0n) is 13.2. The first-order valence-electron chi connectivity index (χ1n) is 7.41. The summed E-state index contributed by atoms with van der Waals surface area (Å²) in [6.07, 6.45) is 3.61. The average molecular weight is 306 g/mol. The van der Waals surface area contributed by atoms with Crippen LogP contribution >= 0.6 is 0 Å². The van der Waals surface area contributed by atoms with Crippen LogP contribution in [0.2, 0.25) is 0 Å². The highest BCUT2D eigenvalue weighted by Crippen LogP contribution is 2.43. The summed E-state index contributed by atoms with van der Waals surface area (Å²) >= 11 is 0. The molecule has 1 saturated carbocycles. The van der Waals surface area contributed by atoms with Crippen LogP contribution in [0.5, 0.6) is 0 Å². The third-order valence-corrected chi connectivity index (χ3v) is 5.61. The molecular weight excluding hydrogens is 276 g/mol. The number of hydrogen-bond donors (Lipinski definition) is 3. The molecule has 120 valence electrons. The SMILES string of the molecule is CNS(=O)(=O)CCCN[C@]1(CO)C[C@H](C)CC(C)(C)C1. The Morgan fingerprint density at radius 2 is 1.95 bits per heavy atom. The van der Waals surface area contributed by atoms with Gasteiger partial charge in [0.2, 0.25) is 10.0 Å². The van der Waals surface area contributed by atoms with E-state index in [4.69, 9.17) is 0 Å². The van der Waals surface area contributed by atoms with Gasteiger partial charge in [0, 0.05) is 5.54 Å². The van der Waals surface area contributed by atoms with E-state index in [9.17, 15) is 13.5 Å². The van der Waals surface area contributed by atoms with Gasteiger partial charge >= 0.3 is 0 Å². The van der Waals surface area contributed by atoms with Crippen molar-refractivity contribution in [3.8, 4) is 0 Å². The van der Waals surface area contributed by atoms with Crippen molar-refractivity contribution in [1.29, 1.82) is 0 Å². The lowest BCUT2D eigenvalue weighted by atomic mass is 9.64. The topological polar surface area (TPSA) is 78.4 Å². The van der Waals surface area contributed by atoms with Crippen LogP contribution in [0.15, 0.2) is 0 Å². The van der Waals surface area contributed by atoms with E-state index in [0.717, 1.165) is 12.8 Å². The monoisotopic (exact) mass is 306 g/mol. The van der Waals surface area contributed by atoms with E-state index in [1.54, 1.807) is 0 Å². The Morgan fingerprint density at radius 3 is 2.45 bits per heavy atom. The van der Waals surface area contributed by atoms with Gasteiger partial charge in [-0.05, 0) is 50.6 Å². The fourth-order valence-corrected chi connectivity index (χ4v) is 4.50. The first kappa shape index (κ1) is 17.9. The summed E-state index contributed by atoms with van der Waals surface area (Å²) in [4.78, 5) is 0. The Labute approximate surface area is 123 Å². The summed E-state index contributed by atoms with van der Waals surface area (Å²) in [5.74, 6) is 0.691. The lowest BCUT2D eigenvalue weighted by Gasteiger charge is -2.47. The maximum absolute atomic E-state index is 11.4. The first-order chi connectivity index (χ1) is 9.14. The molecule has 6 heteroatoms. The number of nitrogens with one attached hydrogen (secondary N) is 2. The van der Waals surface area contributed by atoms with Crippen molar-refractivity contribution in [2.24, 2.45) is 11.3 Å². The number of sulfonamides is 1. The highest BCUT2D eigenvalue weighted by molar-refractivity contribution is 7.89. The quantitative estimate of drug-likeness (QED) is 0.615. The predicted molar refractivity (Wildman–Crippen MR) is 82.1 cm³/mol. The maximum atomic E-state index is 11.4. The molecule has 0 heterocycles. The molecule has 0 aromatic heterocycles. The second-order valence-electron chi connectivity index (χ2n) is 7.10. The molecule has 0 radical (unpaired) electrons. The molecule has 1 aliphatic carbocycles. The molecule has 1 aliphatic rings. The molecule has 0 amide bonds.